The monoisotopic (exact) mass is 322 g/mol. The number of carbonyl (C=O) groups excluding carboxylic acids is 2. The van der Waals surface area contributed by atoms with Crippen molar-refractivity contribution in [3.8, 4) is 0 Å². The van der Waals surface area contributed by atoms with Crippen molar-refractivity contribution < 1.29 is 9.59 Å². The van der Waals surface area contributed by atoms with Crippen molar-refractivity contribution in [2.45, 2.75) is 45.6 Å². The van der Waals surface area contributed by atoms with Crippen molar-refractivity contribution in [1.29, 1.82) is 0 Å². The molecule has 4 heteroatoms. The molecule has 1 aromatic carbocycles. The molecule has 1 atom stereocenters. The molecule has 124 valence electrons. The number of benzene rings is 1. The number of fused-ring (bicyclic) bond motifs is 1. The third kappa shape index (κ3) is 2.96. The SMILES string of the molecule is CCc1nc(C(C)C)ccc1C(=O)NC1CC(=O)c2ccccc21. The van der Waals surface area contributed by atoms with Gasteiger partial charge >= 0.3 is 0 Å². The minimum absolute atomic E-state index is 0.0832. The van der Waals surface area contributed by atoms with E-state index in [0.29, 0.717) is 29.9 Å². The molecule has 0 aliphatic heterocycles. The van der Waals surface area contributed by atoms with Crippen LogP contribution in [0.25, 0.3) is 0 Å². The second kappa shape index (κ2) is 6.56. The summed E-state index contributed by atoms with van der Waals surface area (Å²) in [7, 11) is 0. The Kier molecular flexibility index (Phi) is 4.47. The van der Waals surface area contributed by atoms with Crippen LogP contribution < -0.4 is 5.32 Å². The first kappa shape index (κ1) is 16.4. The number of Topliss-reactive ketones (excluding diaryl/α,β-unsaturated/α-hetero) is 1. The Morgan fingerprint density at radius 3 is 2.71 bits per heavy atom. The Labute approximate surface area is 142 Å². The van der Waals surface area contributed by atoms with Gasteiger partial charge in [0.05, 0.1) is 17.3 Å². The molecule has 0 spiro atoms. The van der Waals surface area contributed by atoms with Crippen molar-refractivity contribution in [1.82, 2.24) is 10.3 Å². The van der Waals surface area contributed by atoms with Crippen LogP contribution in [0.1, 0.15) is 76.8 Å². The summed E-state index contributed by atoms with van der Waals surface area (Å²) in [5.41, 5.74) is 4.01. The number of nitrogens with zero attached hydrogens (tertiary/aromatic N) is 1. The minimum Gasteiger partial charge on any atom is -0.345 e. The Hall–Kier alpha value is -2.49. The summed E-state index contributed by atoms with van der Waals surface area (Å²) < 4.78 is 0. The van der Waals surface area contributed by atoms with E-state index in [4.69, 9.17) is 0 Å². The largest absolute Gasteiger partial charge is 0.345 e. The zero-order valence-corrected chi connectivity index (χ0v) is 14.3. The molecule has 1 aromatic heterocycles. The number of hydrogen-bond donors (Lipinski definition) is 1. The van der Waals surface area contributed by atoms with Gasteiger partial charge < -0.3 is 5.32 Å². The highest BCUT2D eigenvalue weighted by Gasteiger charge is 2.30. The molecule has 0 bridgehead atoms. The molecule has 0 radical (unpaired) electrons. The van der Waals surface area contributed by atoms with Crippen LogP contribution in [0.3, 0.4) is 0 Å². The fourth-order valence-corrected chi connectivity index (χ4v) is 3.14. The van der Waals surface area contributed by atoms with E-state index in [1.54, 1.807) is 0 Å². The highest BCUT2D eigenvalue weighted by molar-refractivity contribution is 6.03. The number of pyridine rings is 1. The summed E-state index contributed by atoms with van der Waals surface area (Å²) in [5, 5.41) is 3.01. The molecule has 0 saturated carbocycles. The molecular weight excluding hydrogens is 300 g/mol. The lowest BCUT2D eigenvalue weighted by Gasteiger charge is -2.16. The van der Waals surface area contributed by atoms with Crippen LogP contribution in [0.4, 0.5) is 0 Å². The second-order valence-corrected chi connectivity index (χ2v) is 6.48. The zero-order chi connectivity index (χ0) is 17.3. The van der Waals surface area contributed by atoms with E-state index in [1.807, 2.05) is 43.3 Å². The lowest BCUT2D eigenvalue weighted by molar-refractivity contribution is 0.0924. The topological polar surface area (TPSA) is 59.1 Å². The summed E-state index contributed by atoms with van der Waals surface area (Å²) in [6, 6.07) is 11.0. The Bertz CT molecular complexity index is 796. The zero-order valence-electron chi connectivity index (χ0n) is 14.3. The van der Waals surface area contributed by atoms with Gasteiger partial charge in [0.1, 0.15) is 0 Å². The van der Waals surface area contributed by atoms with Crippen molar-refractivity contribution in [2.24, 2.45) is 0 Å². The average Bonchev–Trinajstić information content (AvgIpc) is 2.90. The summed E-state index contributed by atoms with van der Waals surface area (Å²) in [4.78, 5) is 29.4. The smallest absolute Gasteiger partial charge is 0.253 e. The van der Waals surface area contributed by atoms with Gasteiger partial charge in [-0.2, -0.15) is 0 Å². The number of nitrogens with one attached hydrogen (secondary N) is 1. The second-order valence-electron chi connectivity index (χ2n) is 6.48. The molecule has 0 fully saturated rings. The maximum atomic E-state index is 12.7. The van der Waals surface area contributed by atoms with E-state index in [2.05, 4.69) is 24.1 Å². The fourth-order valence-electron chi connectivity index (χ4n) is 3.14. The molecule has 1 unspecified atom stereocenters. The molecule has 1 N–H and O–H groups in total. The van der Waals surface area contributed by atoms with E-state index >= 15 is 0 Å². The van der Waals surface area contributed by atoms with Gasteiger partial charge in [0.25, 0.3) is 5.91 Å². The molecule has 3 rings (SSSR count). The third-order valence-electron chi connectivity index (χ3n) is 4.50. The summed E-state index contributed by atoms with van der Waals surface area (Å²) >= 11 is 0. The minimum atomic E-state index is -0.254. The van der Waals surface area contributed by atoms with Gasteiger partial charge in [0.2, 0.25) is 0 Å². The lowest BCUT2D eigenvalue weighted by atomic mass is 10.0. The van der Waals surface area contributed by atoms with Crippen LogP contribution in [0.15, 0.2) is 36.4 Å². The van der Waals surface area contributed by atoms with Gasteiger partial charge in [-0.1, -0.05) is 45.0 Å². The maximum absolute atomic E-state index is 12.7. The predicted molar refractivity (Wildman–Crippen MR) is 93.3 cm³/mol. The number of aryl methyl sites for hydroxylation is 1. The number of amides is 1. The van der Waals surface area contributed by atoms with Crippen molar-refractivity contribution >= 4 is 11.7 Å². The average molecular weight is 322 g/mol. The quantitative estimate of drug-likeness (QED) is 0.931. The van der Waals surface area contributed by atoms with Gasteiger partial charge in [0.15, 0.2) is 5.78 Å². The van der Waals surface area contributed by atoms with Crippen molar-refractivity contribution in [3.05, 3.63) is 64.5 Å². The Morgan fingerprint density at radius 2 is 2.00 bits per heavy atom. The summed E-state index contributed by atoms with van der Waals surface area (Å²) in [6.07, 6.45) is 1.02. The van der Waals surface area contributed by atoms with Gasteiger partial charge in [-0.05, 0) is 30.0 Å². The van der Waals surface area contributed by atoms with Crippen LogP contribution >= 0.6 is 0 Å². The number of hydrogen-bond acceptors (Lipinski definition) is 3. The standard InChI is InChI=1S/C20H22N2O2/c1-4-16-15(9-10-17(21-16)12(2)3)20(24)22-18-11-19(23)14-8-6-5-7-13(14)18/h5-10,12,18H,4,11H2,1-3H3,(H,22,24). The highest BCUT2D eigenvalue weighted by atomic mass is 16.2. The van der Waals surface area contributed by atoms with Crippen molar-refractivity contribution in [3.63, 3.8) is 0 Å². The van der Waals surface area contributed by atoms with E-state index < -0.39 is 0 Å². The highest BCUT2D eigenvalue weighted by Crippen LogP contribution is 2.31. The van der Waals surface area contributed by atoms with Crippen LogP contribution in [0, 0.1) is 0 Å². The molecule has 2 aromatic rings. The van der Waals surface area contributed by atoms with Crippen LogP contribution in [0.5, 0.6) is 0 Å². The van der Waals surface area contributed by atoms with Gasteiger partial charge in [-0.3, -0.25) is 14.6 Å². The van der Waals surface area contributed by atoms with E-state index in [0.717, 1.165) is 17.0 Å². The molecule has 1 aliphatic rings. The van der Waals surface area contributed by atoms with E-state index in [-0.39, 0.29) is 17.7 Å². The summed E-state index contributed by atoms with van der Waals surface area (Å²) in [5.74, 6) is 0.246. The first-order valence-corrected chi connectivity index (χ1v) is 8.44. The Morgan fingerprint density at radius 1 is 1.25 bits per heavy atom. The van der Waals surface area contributed by atoms with Gasteiger partial charge in [-0.25, -0.2) is 0 Å². The number of ketones is 1. The van der Waals surface area contributed by atoms with E-state index in [9.17, 15) is 9.59 Å². The van der Waals surface area contributed by atoms with E-state index in [1.165, 1.54) is 0 Å². The molecule has 1 heterocycles. The normalized spacial score (nSPS) is 16.3. The number of rotatable bonds is 4. The van der Waals surface area contributed by atoms with Gasteiger partial charge in [-0.15, -0.1) is 0 Å². The first-order chi connectivity index (χ1) is 11.5. The predicted octanol–water partition coefficient (Wildman–Crippen LogP) is 3.82. The molecule has 0 saturated heterocycles. The Balaban J connectivity index is 1.85. The molecule has 4 nitrogen and oxygen atoms in total. The molecule has 1 aliphatic carbocycles. The molecule has 1 amide bonds. The third-order valence-corrected chi connectivity index (χ3v) is 4.50. The summed E-state index contributed by atoms with van der Waals surface area (Å²) in [6.45, 7) is 6.17. The maximum Gasteiger partial charge on any atom is 0.253 e. The van der Waals surface area contributed by atoms with Crippen LogP contribution in [-0.4, -0.2) is 16.7 Å². The van der Waals surface area contributed by atoms with Gasteiger partial charge in [0, 0.05) is 17.7 Å². The molecule has 24 heavy (non-hydrogen) atoms. The van der Waals surface area contributed by atoms with Crippen LogP contribution in [-0.2, 0) is 6.42 Å². The fraction of sp³-hybridized carbons (Fsp3) is 0.350. The first-order valence-electron chi connectivity index (χ1n) is 8.44. The number of aromatic nitrogens is 1. The number of carbonyl (C=O) groups is 2. The molecular formula is C20H22N2O2. The lowest BCUT2D eigenvalue weighted by Crippen LogP contribution is -2.28. The van der Waals surface area contributed by atoms with Crippen molar-refractivity contribution in [2.75, 3.05) is 0 Å². The van der Waals surface area contributed by atoms with Crippen LogP contribution in [0.2, 0.25) is 0 Å².